The second-order valence-corrected chi connectivity index (χ2v) is 3.32. The standard InChI is InChI=1S/C8H11N3O2S/c1-9-7-5(3-6(12)13)4-10-8(11-7)14-2/h4H,3H2,1-2H3,(H,12,13)(H,9,10,11). The molecule has 0 radical (unpaired) electrons. The zero-order chi connectivity index (χ0) is 10.6. The lowest BCUT2D eigenvalue weighted by Crippen LogP contribution is -2.06. The number of nitrogens with zero attached hydrogens (tertiary/aromatic N) is 2. The Morgan fingerprint density at radius 1 is 1.71 bits per heavy atom. The van der Waals surface area contributed by atoms with Crippen LogP contribution in [0.3, 0.4) is 0 Å². The molecule has 5 nitrogen and oxygen atoms in total. The number of hydrogen-bond acceptors (Lipinski definition) is 5. The van der Waals surface area contributed by atoms with Crippen LogP contribution >= 0.6 is 11.8 Å². The van der Waals surface area contributed by atoms with Gasteiger partial charge < -0.3 is 10.4 Å². The van der Waals surface area contributed by atoms with Gasteiger partial charge in [-0.2, -0.15) is 0 Å². The number of hydrogen-bond donors (Lipinski definition) is 2. The zero-order valence-corrected chi connectivity index (χ0v) is 8.76. The summed E-state index contributed by atoms with van der Waals surface area (Å²) in [5, 5.41) is 12.1. The molecule has 0 bridgehead atoms. The molecule has 0 fully saturated rings. The second-order valence-electron chi connectivity index (χ2n) is 2.55. The lowest BCUT2D eigenvalue weighted by atomic mass is 10.2. The minimum absolute atomic E-state index is 0.0646. The minimum Gasteiger partial charge on any atom is -0.481 e. The molecule has 1 aromatic heterocycles. The third-order valence-electron chi connectivity index (χ3n) is 1.60. The first kappa shape index (κ1) is 10.8. The molecule has 76 valence electrons. The Balaban J connectivity index is 2.98. The van der Waals surface area contributed by atoms with E-state index in [1.54, 1.807) is 13.2 Å². The molecule has 0 saturated heterocycles. The molecule has 2 N–H and O–H groups in total. The summed E-state index contributed by atoms with van der Waals surface area (Å²) in [4.78, 5) is 18.7. The van der Waals surface area contributed by atoms with Crippen molar-refractivity contribution in [2.75, 3.05) is 18.6 Å². The Morgan fingerprint density at radius 3 is 2.93 bits per heavy atom. The number of aromatic nitrogens is 2. The molecule has 1 heterocycles. The number of nitrogens with one attached hydrogen (secondary N) is 1. The maximum Gasteiger partial charge on any atom is 0.308 e. The van der Waals surface area contributed by atoms with E-state index in [-0.39, 0.29) is 6.42 Å². The molecule has 6 heteroatoms. The van der Waals surface area contributed by atoms with Gasteiger partial charge in [-0.3, -0.25) is 4.79 Å². The van der Waals surface area contributed by atoms with E-state index in [1.165, 1.54) is 11.8 Å². The molecule has 1 rings (SSSR count). The van der Waals surface area contributed by atoms with Crippen LogP contribution in [-0.4, -0.2) is 34.3 Å². The van der Waals surface area contributed by atoms with Crippen LogP contribution in [0.4, 0.5) is 5.82 Å². The average Bonchev–Trinajstić information content (AvgIpc) is 2.17. The maximum atomic E-state index is 10.5. The predicted molar refractivity (Wildman–Crippen MR) is 54.7 cm³/mol. The highest BCUT2D eigenvalue weighted by atomic mass is 32.2. The number of thioether (sulfide) groups is 1. The van der Waals surface area contributed by atoms with E-state index in [9.17, 15) is 4.79 Å². The molecule has 1 aromatic rings. The Labute approximate surface area is 86.0 Å². The Morgan fingerprint density at radius 2 is 2.43 bits per heavy atom. The Bertz CT molecular complexity index is 343. The summed E-state index contributed by atoms with van der Waals surface area (Å²) in [6, 6.07) is 0. The highest BCUT2D eigenvalue weighted by molar-refractivity contribution is 7.98. The number of anilines is 1. The van der Waals surface area contributed by atoms with E-state index < -0.39 is 5.97 Å². The zero-order valence-electron chi connectivity index (χ0n) is 7.94. The van der Waals surface area contributed by atoms with Crippen LogP contribution in [0.15, 0.2) is 11.4 Å². The van der Waals surface area contributed by atoms with Crippen LogP contribution in [0.1, 0.15) is 5.56 Å². The summed E-state index contributed by atoms with van der Waals surface area (Å²) in [6.45, 7) is 0. The molecular weight excluding hydrogens is 202 g/mol. The van der Waals surface area contributed by atoms with Crippen LogP contribution < -0.4 is 5.32 Å². The summed E-state index contributed by atoms with van der Waals surface area (Å²) < 4.78 is 0. The van der Waals surface area contributed by atoms with Crippen molar-refractivity contribution < 1.29 is 9.90 Å². The van der Waals surface area contributed by atoms with E-state index >= 15 is 0 Å². The summed E-state index contributed by atoms with van der Waals surface area (Å²) in [7, 11) is 1.71. The molecule has 0 saturated carbocycles. The molecule has 0 aliphatic heterocycles. The van der Waals surface area contributed by atoms with E-state index in [0.29, 0.717) is 16.5 Å². The summed E-state index contributed by atoms with van der Waals surface area (Å²) in [5.74, 6) is -0.311. The molecule has 0 atom stereocenters. The normalized spacial score (nSPS) is 9.86. The lowest BCUT2D eigenvalue weighted by molar-refractivity contribution is -0.136. The van der Waals surface area contributed by atoms with Gasteiger partial charge in [-0.1, -0.05) is 11.8 Å². The van der Waals surface area contributed by atoms with Gasteiger partial charge >= 0.3 is 5.97 Å². The van der Waals surface area contributed by atoms with Crippen molar-refractivity contribution in [2.45, 2.75) is 11.6 Å². The van der Waals surface area contributed by atoms with Crippen molar-refractivity contribution in [3.63, 3.8) is 0 Å². The predicted octanol–water partition coefficient (Wildman–Crippen LogP) is 0.867. The van der Waals surface area contributed by atoms with Crippen molar-refractivity contribution in [1.82, 2.24) is 9.97 Å². The second kappa shape index (κ2) is 4.80. The lowest BCUT2D eigenvalue weighted by Gasteiger charge is -2.06. The van der Waals surface area contributed by atoms with Gasteiger partial charge in [0.1, 0.15) is 5.82 Å². The fourth-order valence-corrected chi connectivity index (χ4v) is 1.34. The van der Waals surface area contributed by atoms with Gasteiger partial charge in [-0.05, 0) is 6.26 Å². The van der Waals surface area contributed by atoms with Gasteiger partial charge in [0.2, 0.25) is 0 Å². The highest BCUT2D eigenvalue weighted by Gasteiger charge is 2.08. The highest BCUT2D eigenvalue weighted by Crippen LogP contribution is 2.16. The van der Waals surface area contributed by atoms with E-state index in [2.05, 4.69) is 15.3 Å². The van der Waals surface area contributed by atoms with Crippen LogP contribution in [0.25, 0.3) is 0 Å². The summed E-state index contributed by atoms with van der Waals surface area (Å²) >= 11 is 1.42. The molecule has 0 aromatic carbocycles. The first-order chi connectivity index (χ1) is 6.67. The fraction of sp³-hybridized carbons (Fsp3) is 0.375. The van der Waals surface area contributed by atoms with Crippen LogP contribution in [0, 0.1) is 0 Å². The quantitative estimate of drug-likeness (QED) is 0.571. The van der Waals surface area contributed by atoms with Crippen molar-refractivity contribution in [1.29, 1.82) is 0 Å². The number of aliphatic carboxylic acids is 1. The van der Waals surface area contributed by atoms with Gasteiger partial charge in [-0.25, -0.2) is 9.97 Å². The van der Waals surface area contributed by atoms with Gasteiger partial charge in [-0.15, -0.1) is 0 Å². The summed E-state index contributed by atoms with van der Waals surface area (Å²) in [5.41, 5.74) is 0.595. The van der Waals surface area contributed by atoms with Crippen molar-refractivity contribution >= 4 is 23.5 Å². The topological polar surface area (TPSA) is 75.1 Å². The van der Waals surface area contributed by atoms with Crippen molar-refractivity contribution in [3.8, 4) is 0 Å². The first-order valence-corrected chi connectivity index (χ1v) is 5.19. The van der Waals surface area contributed by atoms with Crippen molar-refractivity contribution in [2.24, 2.45) is 0 Å². The smallest absolute Gasteiger partial charge is 0.308 e. The Kier molecular flexibility index (Phi) is 3.70. The van der Waals surface area contributed by atoms with Crippen molar-refractivity contribution in [3.05, 3.63) is 11.8 Å². The number of carbonyl (C=O) groups is 1. The van der Waals surface area contributed by atoms with Gasteiger partial charge in [0.25, 0.3) is 0 Å². The monoisotopic (exact) mass is 213 g/mol. The molecule has 0 spiro atoms. The SMILES string of the molecule is CNc1nc(SC)ncc1CC(=O)O. The van der Waals surface area contributed by atoms with Gasteiger partial charge in [0.05, 0.1) is 6.42 Å². The maximum absolute atomic E-state index is 10.5. The molecular formula is C8H11N3O2S. The summed E-state index contributed by atoms with van der Waals surface area (Å²) in [6.07, 6.45) is 3.34. The largest absolute Gasteiger partial charge is 0.481 e. The van der Waals surface area contributed by atoms with Crippen LogP contribution in [0.5, 0.6) is 0 Å². The number of carboxylic acids is 1. The molecule has 14 heavy (non-hydrogen) atoms. The van der Waals surface area contributed by atoms with E-state index in [4.69, 9.17) is 5.11 Å². The van der Waals surface area contributed by atoms with E-state index in [1.807, 2.05) is 6.26 Å². The van der Waals surface area contributed by atoms with Gasteiger partial charge in [0.15, 0.2) is 5.16 Å². The average molecular weight is 213 g/mol. The minimum atomic E-state index is -0.887. The van der Waals surface area contributed by atoms with Crippen LogP contribution in [0.2, 0.25) is 0 Å². The van der Waals surface area contributed by atoms with Gasteiger partial charge in [0, 0.05) is 18.8 Å². The molecule has 0 amide bonds. The molecule has 0 aliphatic carbocycles. The first-order valence-electron chi connectivity index (χ1n) is 3.96. The van der Waals surface area contributed by atoms with Crippen LogP contribution in [-0.2, 0) is 11.2 Å². The molecule has 0 aliphatic rings. The van der Waals surface area contributed by atoms with E-state index in [0.717, 1.165) is 0 Å². The Hall–Kier alpha value is -1.30. The third kappa shape index (κ3) is 2.59. The third-order valence-corrected chi connectivity index (χ3v) is 2.17. The molecule has 0 unspecified atom stereocenters. The fourth-order valence-electron chi connectivity index (χ4n) is 0.998. The number of carboxylic acid groups (broad SMARTS) is 1. The number of rotatable bonds is 4.